The maximum absolute atomic E-state index is 12.4. The van der Waals surface area contributed by atoms with Crippen LogP contribution in [0.3, 0.4) is 0 Å². The molecule has 138 valence electrons. The normalized spacial score (nSPS) is 14.5. The van der Waals surface area contributed by atoms with E-state index in [0.717, 1.165) is 11.4 Å². The average Bonchev–Trinajstić information content (AvgIpc) is 2.93. The van der Waals surface area contributed by atoms with Crippen molar-refractivity contribution in [2.75, 3.05) is 0 Å². The molecular weight excluding hydrogens is 348 g/mol. The summed E-state index contributed by atoms with van der Waals surface area (Å²) in [4.78, 5) is 12.4. The van der Waals surface area contributed by atoms with Crippen LogP contribution in [0.4, 0.5) is 0 Å². The van der Waals surface area contributed by atoms with Gasteiger partial charge >= 0.3 is 0 Å². The Kier molecular flexibility index (Phi) is 6.03. The predicted molar refractivity (Wildman–Crippen MR) is 101 cm³/mol. The first-order valence-electron chi connectivity index (χ1n) is 8.43. The van der Waals surface area contributed by atoms with Crippen molar-refractivity contribution in [3.8, 4) is 11.9 Å². The second kappa shape index (κ2) is 7.87. The van der Waals surface area contributed by atoms with Crippen molar-refractivity contribution in [1.29, 1.82) is 5.26 Å². The molecular formula is C18H24N6OS. The van der Waals surface area contributed by atoms with Crippen LogP contribution in [0, 0.1) is 31.1 Å². The number of aryl methyl sites for hydroxylation is 2. The smallest absolute Gasteiger partial charge is 0.234 e. The van der Waals surface area contributed by atoms with Crippen molar-refractivity contribution in [2.45, 2.75) is 57.4 Å². The first-order valence-corrected chi connectivity index (χ1v) is 9.31. The van der Waals surface area contributed by atoms with Gasteiger partial charge in [-0.3, -0.25) is 4.79 Å². The number of nitrogens with zero attached hydrogens (tertiary/aromatic N) is 5. The molecule has 0 saturated heterocycles. The number of carbonyl (C=O) groups excluding carboxylic acids is 1. The second-order valence-corrected chi connectivity index (χ2v) is 8.15. The molecule has 0 fully saturated rings. The maximum Gasteiger partial charge on any atom is 0.234 e. The second-order valence-electron chi connectivity index (χ2n) is 6.79. The van der Waals surface area contributed by atoms with E-state index in [9.17, 15) is 10.1 Å². The van der Waals surface area contributed by atoms with Gasteiger partial charge in [0.1, 0.15) is 10.6 Å². The molecule has 2 aromatic rings. The van der Waals surface area contributed by atoms with E-state index >= 15 is 0 Å². The molecule has 0 radical (unpaired) electrons. The van der Waals surface area contributed by atoms with Crippen molar-refractivity contribution in [3.63, 3.8) is 0 Å². The quantitative estimate of drug-likeness (QED) is 0.783. The highest BCUT2D eigenvalue weighted by atomic mass is 32.2. The summed E-state index contributed by atoms with van der Waals surface area (Å²) in [5.74, 6) is 0.444. The van der Waals surface area contributed by atoms with Crippen LogP contribution in [0.1, 0.15) is 39.1 Å². The average molecular weight is 372 g/mol. The van der Waals surface area contributed by atoms with Crippen molar-refractivity contribution in [1.82, 2.24) is 25.3 Å². The third-order valence-corrected chi connectivity index (χ3v) is 5.32. The van der Waals surface area contributed by atoms with E-state index in [1.807, 2.05) is 45.9 Å². The fourth-order valence-electron chi connectivity index (χ4n) is 2.24. The van der Waals surface area contributed by atoms with E-state index in [2.05, 4.69) is 26.7 Å². The lowest BCUT2D eigenvalue weighted by atomic mass is 9.90. The van der Waals surface area contributed by atoms with Crippen LogP contribution in [0.5, 0.6) is 0 Å². The van der Waals surface area contributed by atoms with Crippen LogP contribution in [0.15, 0.2) is 23.2 Å². The predicted octanol–water partition coefficient (Wildman–Crippen LogP) is 2.81. The van der Waals surface area contributed by atoms with Gasteiger partial charge in [-0.1, -0.05) is 25.6 Å². The molecule has 2 atom stereocenters. The number of hydrogen-bond acceptors (Lipinski definition) is 6. The summed E-state index contributed by atoms with van der Waals surface area (Å²) >= 11 is 1.30. The fraction of sp³-hybridized carbons (Fsp3) is 0.500. The van der Waals surface area contributed by atoms with Gasteiger partial charge in [0.05, 0.1) is 17.0 Å². The number of aromatic nitrogens is 4. The third kappa shape index (κ3) is 4.41. The van der Waals surface area contributed by atoms with E-state index in [-0.39, 0.29) is 11.8 Å². The maximum atomic E-state index is 12.4. The van der Waals surface area contributed by atoms with Crippen LogP contribution in [0.25, 0.3) is 5.82 Å². The minimum absolute atomic E-state index is 0.00786. The van der Waals surface area contributed by atoms with Gasteiger partial charge in [0.25, 0.3) is 0 Å². The Hall–Kier alpha value is -2.40. The Balaban J connectivity index is 2.05. The minimum atomic E-state index is -0.892. The van der Waals surface area contributed by atoms with Gasteiger partial charge in [-0.05, 0) is 51.8 Å². The first-order chi connectivity index (χ1) is 12.2. The van der Waals surface area contributed by atoms with Gasteiger partial charge < -0.3 is 5.32 Å². The highest BCUT2D eigenvalue weighted by Gasteiger charge is 2.31. The highest BCUT2D eigenvalue weighted by Crippen LogP contribution is 2.23. The molecule has 0 saturated carbocycles. The molecule has 1 amide bonds. The molecule has 2 heterocycles. The molecule has 0 aromatic carbocycles. The molecule has 2 aromatic heterocycles. The molecule has 0 aliphatic heterocycles. The zero-order chi connectivity index (χ0) is 19.5. The van der Waals surface area contributed by atoms with E-state index in [4.69, 9.17) is 0 Å². The summed E-state index contributed by atoms with van der Waals surface area (Å²) < 4.78 is 1.73. The van der Waals surface area contributed by atoms with Crippen LogP contribution in [-0.2, 0) is 4.79 Å². The van der Waals surface area contributed by atoms with Gasteiger partial charge in [0.2, 0.25) is 5.91 Å². The van der Waals surface area contributed by atoms with E-state index < -0.39 is 10.8 Å². The zero-order valence-electron chi connectivity index (χ0n) is 15.9. The van der Waals surface area contributed by atoms with Crippen LogP contribution < -0.4 is 5.32 Å². The Labute approximate surface area is 158 Å². The van der Waals surface area contributed by atoms with Crippen LogP contribution in [-0.4, -0.2) is 36.7 Å². The Morgan fingerprint density at radius 3 is 2.46 bits per heavy atom. The summed E-state index contributed by atoms with van der Waals surface area (Å²) in [6, 6.07) is 7.80. The van der Waals surface area contributed by atoms with Gasteiger partial charge in [0.15, 0.2) is 5.82 Å². The van der Waals surface area contributed by atoms with Crippen molar-refractivity contribution >= 4 is 17.7 Å². The summed E-state index contributed by atoms with van der Waals surface area (Å²) in [5, 5.41) is 25.2. The molecule has 2 rings (SSSR count). The zero-order valence-corrected chi connectivity index (χ0v) is 16.8. The van der Waals surface area contributed by atoms with Crippen molar-refractivity contribution < 1.29 is 4.79 Å². The van der Waals surface area contributed by atoms with Crippen LogP contribution >= 0.6 is 11.8 Å². The highest BCUT2D eigenvalue weighted by molar-refractivity contribution is 8.00. The monoisotopic (exact) mass is 372 g/mol. The molecule has 0 aliphatic rings. The molecule has 0 bridgehead atoms. The Bertz CT molecular complexity index is 823. The summed E-state index contributed by atoms with van der Waals surface area (Å²) in [6.45, 7) is 11.2. The van der Waals surface area contributed by atoms with E-state index in [1.165, 1.54) is 11.8 Å². The number of rotatable bonds is 6. The van der Waals surface area contributed by atoms with Crippen molar-refractivity contribution in [2.24, 2.45) is 5.92 Å². The molecule has 7 nitrogen and oxygen atoms in total. The lowest BCUT2D eigenvalue weighted by Gasteiger charge is -2.28. The molecule has 8 heteroatoms. The van der Waals surface area contributed by atoms with E-state index in [0.29, 0.717) is 10.8 Å². The number of thioether (sulfide) groups is 1. The number of nitriles is 1. The molecule has 0 spiro atoms. The minimum Gasteiger partial charge on any atom is -0.337 e. The molecule has 0 unspecified atom stereocenters. The first kappa shape index (κ1) is 19.9. The number of hydrogen-bond donors (Lipinski definition) is 1. The third-order valence-electron chi connectivity index (χ3n) is 4.29. The van der Waals surface area contributed by atoms with E-state index in [1.54, 1.807) is 18.5 Å². The van der Waals surface area contributed by atoms with Crippen molar-refractivity contribution in [3.05, 3.63) is 29.6 Å². The fourth-order valence-corrected chi connectivity index (χ4v) is 3.01. The molecule has 1 N–H and O–H groups in total. The Morgan fingerprint density at radius 1 is 1.31 bits per heavy atom. The number of amides is 1. The number of carbonyl (C=O) groups is 1. The van der Waals surface area contributed by atoms with Gasteiger partial charge in [-0.15, -0.1) is 10.2 Å². The standard InChI is InChI=1S/C18H24N6OS/c1-11(2)18(6,10-19)20-17(25)14(5)26-16-8-7-15(21-22-16)24-13(4)9-12(3)23-24/h7-9,11,14H,1-6H3,(H,20,25)/t14-,18-/m0/s1. The summed E-state index contributed by atoms with van der Waals surface area (Å²) in [5.41, 5.74) is 1.00. The largest absolute Gasteiger partial charge is 0.337 e. The number of nitrogens with one attached hydrogen (secondary N) is 1. The summed E-state index contributed by atoms with van der Waals surface area (Å²) in [7, 11) is 0. The SMILES string of the molecule is Cc1cc(C)n(-c2ccc(S[C@@H](C)C(=O)N[C@@](C)(C#N)C(C)C)nn2)n1. The summed E-state index contributed by atoms with van der Waals surface area (Å²) in [6.07, 6.45) is 0. The topological polar surface area (TPSA) is 96.5 Å². The molecule has 0 aliphatic carbocycles. The molecule has 26 heavy (non-hydrogen) atoms. The lowest BCUT2D eigenvalue weighted by Crippen LogP contribution is -2.51. The van der Waals surface area contributed by atoms with Gasteiger partial charge in [-0.25, -0.2) is 4.68 Å². The lowest BCUT2D eigenvalue weighted by molar-refractivity contribution is -0.121. The van der Waals surface area contributed by atoms with Gasteiger partial charge in [0, 0.05) is 5.69 Å². The van der Waals surface area contributed by atoms with Crippen LogP contribution in [0.2, 0.25) is 0 Å². The van der Waals surface area contributed by atoms with Gasteiger partial charge in [-0.2, -0.15) is 10.4 Å². The Morgan fingerprint density at radius 2 is 2.00 bits per heavy atom.